The minimum absolute atomic E-state index is 0.117. The van der Waals surface area contributed by atoms with Crippen LogP contribution in [-0.4, -0.2) is 35.2 Å². The lowest BCUT2D eigenvalue weighted by Gasteiger charge is -2.50. The zero-order valence-electron chi connectivity index (χ0n) is 14.3. The summed E-state index contributed by atoms with van der Waals surface area (Å²) in [5.41, 5.74) is -0.623. The Morgan fingerprint density at radius 2 is 1.78 bits per heavy atom. The summed E-state index contributed by atoms with van der Waals surface area (Å²) in [4.78, 5) is 23.8. The zero-order chi connectivity index (χ0) is 16.7. The Labute approximate surface area is 138 Å². The van der Waals surface area contributed by atoms with Gasteiger partial charge in [-0.15, -0.1) is 0 Å². The van der Waals surface area contributed by atoms with E-state index in [1.807, 2.05) is 0 Å². The van der Waals surface area contributed by atoms with Gasteiger partial charge in [0, 0.05) is 18.1 Å². The van der Waals surface area contributed by atoms with Crippen LogP contribution >= 0.6 is 0 Å². The van der Waals surface area contributed by atoms with Crippen LogP contribution in [0, 0.1) is 17.3 Å². The predicted octanol–water partition coefficient (Wildman–Crippen LogP) is 2.73. The van der Waals surface area contributed by atoms with E-state index in [0.717, 1.165) is 25.7 Å². The summed E-state index contributed by atoms with van der Waals surface area (Å²) in [7, 11) is 0. The van der Waals surface area contributed by atoms with Gasteiger partial charge in [-0.3, -0.25) is 9.59 Å². The summed E-state index contributed by atoms with van der Waals surface area (Å²) >= 11 is 0. The molecule has 0 aromatic rings. The van der Waals surface area contributed by atoms with E-state index >= 15 is 0 Å². The number of carbonyl (C=O) groups excluding carboxylic acids is 1. The molecule has 1 atom stereocenters. The predicted molar refractivity (Wildman–Crippen MR) is 85.9 cm³/mol. The molecule has 3 fully saturated rings. The van der Waals surface area contributed by atoms with Gasteiger partial charge in [0.05, 0.1) is 11.5 Å². The standard InChI is InChI=1S/C18H29NO4/c1-17(2,13-5-3-4-6-13)16(22)19-14-7-8-23-18(11-14)9-12(10-18)15(20)21/h12-14H,3-11H2,1-2H3,(H,19,22)(H,20,21). The average Bonchev–Trinajstić information content (AvgIpc) is 2.99. The summed E-state index contributed by atoms with van der Waals surface area (Å²) in [6.45, 7) is 4.75. The maximum absolute atomic E-state index is 12.8. The smallest absolute Gasteiger partial charge is 0.306 e. The molecule has 1 unspecified atom stereocenters. The van der Waals surface area contributed by atoms with E-state index in [1.165, 1.54) is 12.8 Å². The molecule has 0 aromatic heterocycles. The molecule has 5 heteroatoms. The first-order valence-corrected chi connectivity index (χ1v) is 9.00. The first-order chi connectivity index (χ1) is 10.8. The van der Waals surface area contributed by atoms with E-state index < -0.39 is 5.97 Å². The van der Waals surface area contributed by atoms with Crippen molar-refractivity contribution in [1.29, 1.82) is 0 Å². The molecule has 1 spiro atoms. The van der Waals surface area contributed by atoms with Crippen LogP contribution in [0.2, 0.25) is 0 Å². The molecule has 2 N–H and O–H groups in total. The fraction of sp³-hybridized carbons (Fsp3) is 0.889. The molecule has 0 bridgehead atoms. The molecule has 0 aromatic carbocycles. The van der Waals surface area contributed by atoms with Crippen molar-refractivity contribution in [2.24, 2.45) is 17.3 Å². The molecule has 23 heavy (non-hydrogen) atoms. The largest absolute Gasteiger partial charge is 0.481 e. The van der Waals surface area contributed by atoms with Crippen molar-refractivity contribution in [3.05, 3.63) is 0 Å². The summed E-state index contributed by atoms with van der Waals surface area (Å²) < 4.78 is 5.86. The van der Waals surface area contributed by atoms with Crippen LogP contribution in [0.3, 0.4) is 0 Å². The number of carboxylic acids is 1. The quantitative estimate of drug-likeness (QED) is 0.834. The van der Waals surface area contributed by atoms with Crippen molar-refractivity contribution < 1.29 is 19.4 Å². The number of amides is 1. The third-order valence-electron chi connectivity index (χ3n) is 6.38. The highest BCUT2D eigenvalue weighted by Crippen LogP contribution is 2.47. The summed E-state index contributed by atoms with van der Waals surface area (Å²) in [5.74, 6) is -0.371. The van der Waals surface area contributed by atoms with Crippen molar-refractivity contribution >= 4 is 11.9 Å². The maximum Gasteiger partial charge on any atom is 0.306 e. The van der Waals surface area contributed by atoms with Crippen LogP contribution < -0.4 is 5.32 Å². The van der Waals surface area contributed by atoms with Gasteiger partial charge in [-0.25, -0.2) is 0 Å². The summed E-state index contributed by atoms with van der Waals surface area (Å²) in [6.07, 6.45) is 7.52. The minimum Gasteiger partial charge on any atom is -0.481 e. The summed E-state index contributed by atoms with van der Waals surface area (Å²) in [6, 6.07) is 0.117. The van der Waals surface area contributed by atoms with E-state index in [0.29, 0.717) is 25.4 Å². The second kappa shape index (κ2) is 6.08. The summed E-state index contributed by atoms with van der Waals surface area (Å²) in [5, 5.41) is 12.3. The molecule has 1 aliphatic heterocycles. The zero-order valence-corrected chi connectivity index (χ0v) is 14.3. The fourth-order valence-corrected chi connectivity index (χ4v) is 4.65. The third kappa shape index (κ3) is 3.25. The van der Waals surface area contributed by atoms with Gasteiger partial charge < -0.3 is 15.2 Å². The van der Waals surface area contributed by atoms with Crippen LogP contribution in [0.4, 0.5) is 0 Å². The van der Waals surface area contributed by atoms with Crippen LogP contribution in [0.5, 0.6) is 0 Å². The molecule has 3 rings (SSSR count). The Morgan fingerprint density at radius 3 is 2.39 bits per heavy atom. The van der Waals surface area contributed by atoms with Gasteiger partial charge in [0.25, 0.3) is 0 Å². The second-order valence-corrected chi connectivity index (χ2v) is 8.34. The lowest BCUT2D eigenvalue weighted by molar-refractivity contribution is -0.182. The van der Waals surface area contributed by atoms with E-state index in [9.17, 15) is 9.59 Å². The molecule has 130 valence electrons. The van der Waals surface area contributed by atoms with E-state index in [-0.39, 0.29) is 28.9 Å². The van der Waals surface area contributed by atoms with Crippen LogP contribution in [0.1, 0.15) is 65.2 Å². The molecule has 2 aliphatic carbocycles. The van der Waals surface area contributed by atoms with E-state index in [4.69, 9.17) is 9.84 Å². The van der Waals surface area contributed by atoms with Crippen molar-refractivity contribution in [2.75, 3.05) is 6.61 Å². The third-order valence-corrected chi connectivity index (χ3v) is 6.38. The van der Waals surface area contributed by atoms with Gasteiger partial charge in [-0.2, -0.15) is 0 Å². The number of nitrogens with one attached hydrogen (secondary N) is 1. The van der Waals surface area contributed by atoms with Crippen molar-refractivity contribution in [1.82, 2.24) is 5.32 Å². The van der Waals surface area contributed by atoms with Gasteiger partial charge >= 0.3 is 5.97 Å². The molecule has 0 radical (unpaired) electrons. The average molecular weight is 323 g/mol. The van der Waals surface area contributed by atoms with Gasteiger partial charge in [-0.1, -0.05) is 26.7 Å². The Bertz CT molecular complexity index is 475. The lowest BCUT2D eigenvalue weighted by Crippen LogP contribution is -2.57. The van der Waals surface area contributed by atoms with Crippen molar-refractivity contribution in [3.63, 3.8) is 0 Å². The molecule has 1 amide bonds. The van der Waals surface area contributed by atoms with Gasteiger partial charge in [0.1, 0.15) is 0 Å². The number of carboxylic acid groups (broad SMARTS) is 1. The molecular weight excluding hydrogens is 294 g/mol. The highest BCUT2D eigenvalue weighted by Gasteiger charge is 2.51. The number of ether oxygens (including phenoxy) is 1. The van der Waals surface area contributed by atoms with E-state index in [1.54, 1.807) is 0 Å². The van der Waals surface area contributed by atoms with Gasteiger partial charge in [-0.05, 0) is 44.4 Å². The number of hydrogen-bond donors (Lipinski definition) is 2. The maximum atomic E-state index is 12.8. The first kappa shape index (κ1) is 16.7. The van der Waals surface area contributed by atoms with Gasteiger partial charge in [0.2, 0.25) is 5.91 Å². The second-order valence-electron chi connectivity index (χ2n) is 8.34. The molecule has 1 saturated heterocycles. The molecule has 2 saturated carbocycles. The van der Waals surface area contributed by atoms with Crippen LogP contribution in [0.15, 0.2) is 0 Å². The Balaban J connectivity index is 1.55. The van der Waals surface area contributed by atoms with E-state index in [2.05, 4.69) is 19.2 Å². The topological polar surface area (TPSA) is 75.6 Å². The van der Waals surface area contributed by atoms with Crippen LogP contribution in [-0.2, 0) is 14.3 Å². The molecular formula is C18H29NO4. The monoisotopic (exact) mass is 323 g/mol. The molecule has 3 aliphatic rings. The number of rotatable bonds is 4. The Kier molecular flexibility index (Phi) is 4.43. The minimum atomic E-state index is -0.729. The fourth-order valence-electron chi connectivity index (χ4n) is 4.65. The first-order valence-electron chi connectivity index (χ1n) is 9.00. The Morgan fingerprint density at radius 1 is 1.13 bits per heavy atom. The molecule has 1 heterocycles. The van der Waals surface area contributed by atoms with Crippen molar-refractivity contribution in [3.8, 4) is 0 Å². The number of hydrogen-bond acceptors (Lipinski definition) is 3. The van der Waals surface area contributed by atoms with Gasteiger partial charge in [0.15, 0.2) is 0 Å². The van der Waals surface area contributed by atoms with Crippen LogP contribution in [0.25, 0.3) is 0 Å². The molecule has 5 nitrogen and oxygen atoms in total. The number of carbonyl (C=O) groups is 2. The Hall–Kier alpha value is -1.10. The lowest BCUT2D eigenvalue weighted by atomic mass is 9.66. The normalized spacial score (nSPS) is 35.0. The number of aliphatic carboxylic acids is 1. The SMILES string of the molecule is CC(C)(C(=O)NC1CCOC2(C1)CC(C(=O)O)C2)C1CCCC1. The highest BCUT2D eigenvalue weighted by atomic mass is 16.5. The highest BCUT2D eigenvalue weighted by molar-refractivity contribution is 5.82. The van der Waals surface area contributed by atoms with Crippen molar-refractivity contribution in [2.45, 2.75) is 76.9 Å².